The second kappa shape index (κ2) is 6.19. The summed E-state index contributed by atoms with van der Waals surface area (Å²) in [6.07, 6.45) is -6.98. The van der Waals surface area contributed by atoms with Gasteiger partial charge < -0.3 is 31.1 Å². The molecule has 4 atom stereocenters. The molecule has 0 radical (unpaired) electrons. The Morgan fingerprint density at radius 2 is 2.12 bits per heavy atom. The summed E-state index contributed by atoms with van der Waals surface area (Å²) in [6.45, 7) is -0.610. The summed E-state index contributed by atoms with van der Waals surface area (Å²) >= 11 is 0. The lowest BCUT2D eigenvalue weighted by Crippen LogP contribution is -2.44. The second-order valence-electron chi connectivity index (χ2n) is 6.10. The molecule has 0 amide bonds. The van der Waals surface area contributed by atoms with E-state index in [-0.39, 0.29) is 22.9 Å². The number of imidazole rings is 1. The van der Waals surface area contributed by atoms with Gasteiger partial charge in [-0.05, 0) is 6.92 Å². The zero-order chi connectivity index (χ0) is 19.3. The molecule has 6 N–H and O–H groups in total. The number of rotatable bonds is 4. The second-order valence-corrected chi connectivity index (χ2v) is 6.10. The standard InChI is InChI=1S/C13H17F3N6O4/c1-12(25)7(24)5(2-23)26-10(12)22-4-19-6-8(18-3-13(14,15)16)20-11(17)21-9(6)22/h4-5,7,10,23-25H,2-3H2,1H3,(H3,17,18,20,21)/t5-,7-,10-,12-/m1/s1. The van der Waals surface area contributed by atoms with Crippen molar-refractivity contribution in [1.29, 1.82) is 0 Å². The average molecular weight is 378 g/mol. The van der Waals surface area contributed by atoms with Gasteiger partial charge in [-0.2, -0.15) is 23.1 Å². The lowest BCUT2D eigenvalue weighted by molar-refractivity contribution is -0.115. The molecule has 0 aliphatic carbocycles. The Hall–Kier alpha value is -2.22. The Labute approximate surface area is 144 Å². The number of anilines is 2. The van der Waals surface area contributed by atoms with Gasteiger partial charge in [0.05, 0.1) is 12.9 Å². The van der Waals surface area contributed by atoms with Crippen molar-refractivity contribution in [2.45, 2.75) is 37.1 Å². The van der Waals surface area contributed by atoms with E-state index in [0.717, 1.165) is 0 Å². The highest BCUT2D eigenvalue weighted by Gasteiger charge is 2.53. The molecule has 13 heteroatoms. The van der Waals surface area contributed by atoms with Crippen LogP contribution in [0, 0.1) is 0 Å². The predicted molar refractivity (Wildman–Crippen MR) is 81.9 cm³/mol. The van der Waals surface area contributed by atoms with Gasteiger partial charge in [0, 0.05) is 0 Å². The van der Waals surface area contributed by atoms with Crippen LogP contribution in [0.25, 0.3) is 11.2 Å². The molecule has 0 spiro atoms. The highest BCUT2D eigenvalue weighted by molar-refractivity contribution is 5.84. The zero-order valence-electron chi connectivity index (χ0n) is 13.5. The molecule has 0 bridgehead atoms. The van der Waals surface area contributed by atoms with Crippen LogP contribution in [0.5, 0.6) is 0 Å². The minimum absolute atomic E-state index is 0.00163. The van der Waals surface area contributed by atoms with E-state index in [1.54, 1.807) is 0 Å². The molecule has 0 aromatic carbocycles. The summed E-state index contributed by atoms with van der Waals surface area (Å²) in [5.41, 5.74) is 3.72. The van der Waals surface area contributed by atoms with E-state index in [1.807, 2.05) is 0 Å². The van der Waals surface area contributed by atoms with Crippen LogP contribution in [-0.4, -0.2) is 72.0 Å². The summed E-state index contributed by atoms with van der Waals surface area (Å²) in [6, 6.07) is 0. The SMILES string of the molecule is C[C@@]1(O)[C@H](O)[C@@H](CO)O[C@H]1n1cnc2c(NCC(F)(F)F)nc(N)nc21. The molecule has 26 heavy (non-hydrogen) atoms. The highest BCUT2D eigenvalue weighted by atomic mass is 19.4. The fourth-order valence-corrected chi connectivity index (χ4v) is 2.80. The van der Waals surface area contributed by atoms with Gasteiger partial charge in [0.25, 0.3) is 0 Å². The minimum Gasteiger partial charge on any atom is -0.394 e. The fraction of sp³-hybridized carbons (Fsp3) is 0.615. The zero-order valence-corrected chi connectivity index (χ0v) is 13.5. The van der Waals surface area contributed by atoms with Crippen LogP contribution >= 0.6 is 0 Å². The summed E-state index contributed by atoms with van der Waals surface area (Å²) in [4.78, 5) is 11.6. The lowest BCUT2D eigenvalue weighted by atomic mass is 9.96. The number of nitrogen functional groups attached to an aromatic ring is 1. The third-order valence-electron chi connectivity index (χ3n) is 4.08. The van der Waals surface area contributed by atoms with Gasteiger partial charge in [-0.3, -0.25) is 4.57 Å². The van der Waals surface area contributed by atoms with E-state index in [1.165, 1.54) is 17.8 Å². The number of aliphatic hydroxyl groups is 3. The van der Waals surface area contributed by atoms with Crippen molar-refractivity contribution in [2.24, 2.45) is 0 Å². The maximum absolute atomic E-state index is 12.5. The van der Waals surface area contributed by atoms with Crippen LogP contribution < -0.4 is 11.1 Å². The Kier molecular flexibility index (Phi) is 4.42. The monoisotopic (exact) mass is 378 g/mol. The first-order chi connectivity index (χ1) is 12.0. The van der Waals surface area contributed by atoms with Crippen molar-refractivity contribution in [3.05, 3.63) is 6.33 Å². The first kappa shape index (κ1) is 18.6. The molecule has 3 heterocycles. The molecular formula is C13H17F3N6O4. The number of aromatic nitrogens is 4. The van der Waals surface area contributed by atoms with Crippen LogP contribution in [0.2, 0.25) is 0 Å². The van der Waals surface area contributed by atoms with Crippen molar-refractivity contribution in [2.75, 3.05) is 24.2 Å². The number of hydrogen-bond donors (Lipinski definition) is 5. The normalized spacial score (nSPS) is 29.4. The summed E-state index contributed by atoms with van der Waals surface area (Å²) in [5, 5.41) is 32.0. The number of nitrogens with two attached hydrogens (primary N) is 1. The first-order valence-corrected chi connectivity index (χ1v) is 7.52. The van der Waals surface area contributed by atoms with E-state index >= 15 is 0 Å². The number of nitrogens with zero attached hydrogens (tertiary/aromatic N) is 4. The lowest BCUT2D eigenvalue weighted by Gasteiger charge is -2.27. The molecule has 144 valence electrons. The third-order valence-corrected chi connectivity index (χ3v) is 4.08. The molecule has 3 rings (SSSR count). The van der Waals surface area contributed by atoms with Crippen molar-refractivity contribution in [3.63, 3.8) is 0 Å². The molecular weight excluding hydrogens is 361 g/mol. The van der Waals surface area contributed by atoms with E-state index in [2.05, 4.69) is 20.3 Å². The smallest absolute Gasteiger partial charge is 0.394 e. The third kappa shape index (κ3) is 3.13. The predicted octanol–water partition coefficient (Wildman–Crippen LogP) is -0.616. The topological polar surface area (TPSA) is 152 Å². The summed E-state index contributed by atoms with van der Waals surface area (Å²) < 4.78 is 44.0. The van der Waals surface area contributed by atoms with E-state index in [4.69, 9.17) is 10.5 Å². The number of alkyl halides is 3. The van der Waals surface area contributed by atoms with Crippen molar-refractivity contribution in [1.82, 2.24) is 19.5 Å². The van der Waals surface area contributed by atoms with Gasteiger partial charge in [-0.25, -0.2) is 4.98 Å². The van der Waals surface area contributed by atoms with Gasteiger partial charge >= 0.3 is 6.18 Å². The van der Waals surface area contributed by atoms with Crippen molar-refractivity contribution < 1.29 is 33.2 Å². The minimum atomic E-state index is -4.48. The Bertz CT molecular complexity index is 811. The number of hydrogen-bond acceptors (Lipinski definition) is 9. The van der Waals surface area contributed by atoms with Crippen LogP contribution in [-0.2, 0) is 4.74 Å². The van der Waals surface area contributed by atoms with E-state index < -0.39 is 43.4 Å². The quantitative estimate of drug-likeness (QED) is 0.469. The van der Waals surface area contributed by atoms with Crippen molar-refractivity contribution in [3.8, 4) is 0 Å². The maximum Gasteiger partial charge on any atom is 0.405 e. The number of fused-ring (bicyclic) bond motifs is 1. The first-order valence-electron chi connectivity index (χ1n) is 7.52. The summed E-state index contributed by atoms with van der Waals surface area (Å²) in [5.74, 6) is -0.554. The van der Waals surface area contributed by atoms with Gasteiger partial charge in [-0.1, -0.05) is 0 Å². The molecule has 1 fully saturated rings. The number of aliphatic hydroxyl groups excluding tert-OH is 2. The molecule has 1 aliphatic rings. The molecule has 10 nitrogen and oxygen atoms in total. The molecule has 0 saturated carbocycles. The molecule has 2 aromatic rings. The van der Waals surface area contributed by atoms with E-state index in [9.17, 15) is 28.5 Å². The molecule has 0 unspecified atom stereocenters. The molecule has 2 aromatic heterocycles. The number of ether oxygens (including phenoxy) is 1. The van der Waals surface area contributed by atoms with Crippen LogP contribution in [0.15, 0.2) is 6.33 Å². The average Bonchev–Trinajstić information content (AvgIpc) is 3.04. The van der Waals surface area contributed by atoms with Gasteiger partial charge in [0.15, 0.2) is 23.2 Å². The van der Waals surface area contributed by atoms with Gasteiger partial charge in [0.2, 0.25) is 5.95 Å². The number of nitrogens with one attached hydrogen (secondary N) is 1. The largest absolute Gasteiger partial charge is 0.405 e. The van der Waals surface area contributed by atoms with Gasteiger partial charge in [-0.15, -0.1) is 0 Å². The Morgan fingerprint density at radius 3 is 2.69 bits per heavy atom. The van der Waals surface area contributed by atoms with E-state index in [0.29, 0.717) is 0 Å². The Balaban J connectivity index is 2.02. The maximum atomic E-state index is 12.5. The van der Waals surface area contributed by atoms with Crippen molar-refractivity contribution >= 4 is 22.9 Å². The fourth-order valence-electron chi connectivity index (χ4n) is 2.80. The van der Waals surface area contributed by atoms with Crippen LogP contribution in [0.3, 0.4) is 0 Å². The van der Waals surface area contributed by atoms with Crippen LogP contribution in [0.4, 0.5) is 24.9 Å². The Morgan fingerprint density at radius 1 is 1.42 bits per heavy atom. The highest BCUT2D eigenvalue weighted by Crippen LogP contribution is 2.39. The van der Waals surface area contributed by atoms with Gasteiger partial charge in [0.1, 0.15) is 24.4 Å². The summed E-state index contributed by atoms with van der Waals surface area (Å²) in [7, 11) is 0. The van der Waals surface area contributed by atoms with Crippen LogP contribution in [0.1, 0.15) is 13.2 Å². The molecule has 1 saturated heterocycles. The molecule has 1 aliphatic heterocycles. The number of halogens is 3.